The number of aryl methyl sites for hydroxylation is 1. The van der Waals surface area contributed by atoms with Crippen molar-refractivity contribution in [1.29, 1.82) is 0 Å². The van der Waals surface area contributed by atoms with E-state index in [1.54, 1.807) is 37.3 Å². The first kappa shape index (κ1) is 22.0. The number of carbonyl (C=O) groups is 1. The Bertz CT molecular complexity index is 1210. The summed E-state index contributed by atoms with van der Waals surface area (Å²) in [5.41, 5.74) is 1.59. The van der Waals surface area contributed by atoms with Gasteiger partial charge in [0.15, 0.2) is 6.61 Å². The van der Waals surface area contributed by atoms with Crippen LogP contribution in [0.15, 0.2) is 77.7 Å². The highest BCUT2D eigenvalue weighted by Crippen LogP contribution is 2.29. The van der Waals surface area contributed by atoms with Crippen LogP contribution in [-0.4, -0.2) is 25.9 Å². The molecular weight excluding hydrogens is 420 g/mol. The molecule has 3 rings (SSSR count). The van der Waals surface area contributed by atoms with Crippen molar-refractivity contribution in [1.82, 2.24) is 0 Å². The maximum atomic E-state index is 13.3. The van der Waals surface area contributed by atoms with Gasteiger partial charge in [0.2, 0.25) is 0 Å². The molecule has 0 radical (unpaired) electrons. The first-order chi connectivity index (χ1) is 14.7. The molecule has 160 valence electrons. The van der Waals surface area contributed by atoms with Gasteiger partial charge in [-0.15, -0.1) is 0 Å². The standard InChI is InChI=1S/C22H20N2O6S/c1-16-7-6-10-21(17(16)2)23(31(28,29)20-8-4-3-5-9-20)22(25)15-30-19-13-11-18(12-14-19)24(26)27/h3-14H,15H2,1-2H3. The van der Waals surface area contributed by atoms with E-state index in [-0.39, 0.29) is 22.0 Å². The topological polar surface area (TPSA) is 107 Å². The number of rotatable bonds is 7. The molecule has 0 atom stereocenters. The molecule has 8 nitrogen and oxygen atoms in total. The minimum Gasteiger partial charge on any atom is -0.484 e. The van der Waals surface area contributed by atoms with Crippen LogP contribution < -0.4 is 9.04 Å². The number of anilines is 1. The van der Waals surface area contributed by atoms with Gasteiger partial charge in [0.1, 0.15) is 5.75 Å². The van der Waals surface area contributed by atoms with Crippen molar-refractivity contribution >= 4 is 27.3 Å². The Morgan fingerprint density at radius 2 is 1.61 bits per heavy atom. The van der Waals surface area contributed by atoms with Crippen LogP contribution in [0.5, 0.6) is 5.75 Å². The number of amides is 1. The van der Waals surface area contributed by atoms with E-state index in [0.717, 1.165) is 9.87 Å². The number of ether oxygens (including phenoxy) is 1. The normalized spacial score (nSPS) is 11.0. The van der Waals surface area contributed by atoms with E-state index < -0.39 is 27.5 Å². The lowest BCUT2D eigenvalue weighted by molar-refractivity contribution is -0.384. The molecule has 9 heteroatoms. The lowest BCUT2D eigenvalue weighted by Gasteiger charge is -2.25. The molecular formula is C22H20N2O6S. The van der Waals surface area contributed by atoms with Gasteiger partial charge in [0, 0.05) is 12.1 Å². The summed E-state index contributed by atoms with van der Waals surface area (Å²) in [4.78, 5) is 23.3. The molecule has 1 amide bonds. The predicted molar refractivity (Wildman–Crippen MR) is 116 cm³/mol. The third-order valence-electron chi connectivity index (χ3n) is 4.71. The third-order valence-corrected chi connectivity index (χ3v) is 6.46. The van der Waals surface area contributed by atoms with E-state index in [2.05, 4.69) is 0 Å². The number of nitro groups is 1. The Morgan fingerprint density at radius 3 is 2.23 bits per heavy atom. The highest BCUT2D eigenvalue weighted by Gasteiger charge is 2.32. The zero-order chi connectivity index (χ0) is 22.6. The maximum Gasteiger partial charge on any atom is 0.278 e. The van der Waals surface area contributed by atoms with Crippen LogP contribution in [0, 0.1) is 24.0 Å². The highest BCUT2D eigenvalue weighted by molar-refractivity contribution is 7.93. The number of non-ortho nitro benzene ring substituents is 1. The zero-order valence-electron chi connectivity index (χ0n) is 16.9. The molecule has 0 aliphatic carbocycles. The number of nitro benzene ring substituents is 1. The molecule has 0 bridgehead atoms. The van der Waals surface area contributed by atoms with Gasteiger partial charge in [-0.25, -0.2) is 8.42 Å². The summed E-state index contributed by atoms with van der Waals surface area (Å²) >= 11 is 0. The van der Waals surface area contributed by atoms with Crippen LogP contribution >= 0.6 is 0 Å². The first-order valence-electron chi connectivity index (χ1n) is 9.28. The summed E-state index contributed by atoms with van der Waals surface area (Å²) in [6, 6.07) is 17.9. The second-order valence-electron chi connectivity index (χ2n) is 6.73. The minimum atomic E-state index is -4.20. The Morgan fingerprint density at radius 1 is 0.968 bits per heavy atom. The van der Waals surface area contributed by atoms with Gasteiger partial charge >= 0.3 is 0 Å². The fraction of sp³-hybridized carbons (Fsp3) is 0.136. The van der Waals surface area contributed by atoms with Crippen LogP contribution in [0.3, 0.4) is 0 Å². The van der Waals surface area contributed by atoms with Gasteiger partial charge in [-0.05, 0) is 55.3 Å². The highest BCUT2D eigenvalue weighted by atomic mass is 32.2. The van der Waals surface area contributed by atoms with Crippen molar-refractivity contribution in [2.24, 2.45) is 0 Å². The number of benzene rings is 3. The summed E-state index contributed by atoms with van der Waals surface area (Å²) in [5.74, 6) is -0.590. The predicted octanol–water partition coefficient (Wildman–Crippen LogP) is 4.01. The van der Waals surface area contributed by atoms with Crippen LogP contribution in [0.2, 0.25) is 0 Å². The maximum absolute atomic E-state index is 13.3. The molecule has 31 heavy (non-hydrogen) atoms. The molecule has 3 aromatic carbocycles. The van der Waals surface area contributed by atoms with E-state index >= 15 is 0 Å². The summed E-state index contributed by atoms with van der Waals surface area (Å²) in [6.45, 7) is 2.99. The van der Waals surface area contributed by atoms with E-state index in [1.807, 2.05) is 13.0 Å². The average molecular weight is 440 g/mol. The molecule has 0 fully saturated rings. The van der Waals surface area contributed by atoms with Crippen molar-refractivity contribution in [3.63, 3.8) is 0 Å². The summed E-state index contributed by atoms with van der Waals surface area (Å²) in [6.07, 6.45) is 0. The Labute approximate surface area is 179 Å². The van der Waals surface area contributed by atoms with Crippen molar-refractivity contribution in [3.05, 3.63) is 94.0 Å². The molecule has 0 aliphatic heterocycles. The first-order valence-corrected chi connectivity index (χ1v) is 10.7. The molecule has 0 saturated heterocycles. The molecule has 0 heterocycles. The molecule has 0 aliphatic rings. The second kappa shape index (κ2) is 8.97. The fourth-order valence-electron chi connectivity index (χ4n) is 2.92. The van der Waals surface area contributed by atoms with Crippen LogP contribution in [-0.2, 0) is 14.8 Å². The van der Waals surface area contributed by atoms with Gasteiger partial charge in [-0.1, -0.05) is 30.3 Å². The zero-order valence-corrected chi connectivity index (χ0v) is 17.7. The van der Waals surface area contributed by atoms with E-state index in [0.29, 0.717) is 5.56 Å². The van der Waals surface area contributed by atoms with Crippen LogP contribution in [0.4, 0.5) is 11.4 Å². The smallest absolute Gasteiger partial charge is 0.278 e. The summed E-state index contributed by atoms with van der Waals surface area (Å²) in [5, 5.41) is 10.8. The quantitative estimate of drug-likeness (QED) is 0.406. The Kier molecular flexibility index (Phi) is 6.36. The third kappa shape index (κ3) is 4.72. The number of carbonyl (C=O) groups excluding carboxylic acids is 1. The lowest BCUT2D eigenvalue weighted by Crippen LogP contribution is -2.40. The number of hydrogen-bond acceptors (Lipinski definition) is 6. The molecule has 0 unspecified atom stereocenters. The number of hydrogen-bond donors (Lipinski definition) is 0. The van der Waals surface area contributed by atoms with Crippen molar-refractivity contribution < 1.29 is 22.9 Å². The van der Waals surface area contributed by atoms with Gasteiger partial charge < -0.3 is 4.74 Å². The van der Waals surface area contributed by atoms with Crippen LogP contribution in [0.1, 0.15) is 11.1 Å². The van der Waals surface area contributed by atoms with E-state index in [1.165, 1.54) is 36.4 Å². The van der Waals surface area contributed by atoms with E-state index in [4.69, 9.17) is 4.74 Å². The second-order valence-corrected chi connectivity index (χ2v) is 8.52. The molecule has 0 spiro atoms. The molecule has 0 aromatic heterocycles. The van der Waals surface area contributed by atoms with Crippen molar-refractivity contribution in [2.45, 2.75) is 18.7 Å². The number of sulfonamides is 1. The largest absolute Gasteiger partial charge is 0.484 e. The van der Waals surface area contributed by atoms with Gasteiger partial charge in [0.05, 0.1) is 15.5 Å². The molecule has 0 saturated carbocycles. The van der Waals surface area contributed by atoms with Crippen LogP contribution in [0.25, 0.3) is 0 Å². The van der Waals surface area contributed by atoms with Crippen molar-refractivity contribution in [3.8, 4) is 5.75 Å². The van der Waals surface area contributed by atoms with E-state index in [9.17, 15) is 23.3 Å². The monoisotopic (exact) mass is 440 g/mol. The average Bonchev–Trinajstić information content (AvgIpc) is 2.76. The Balaban J connectivity index is 1.95. The minimum absolute atomic E-state index is 0.0282. The van der Waals surface area contributed by atoms with Gasteiger partial charge in [-0.3, -0.25) is 14.9 Å². The summed E-state index contributed by atoms with van der Waals surface area (Å²) < 4.78 is 32.9. The SMILES string of the molecule is Cc1cccc(N(C(=O)COc2ccc([N+](=O)[O-])cc2)S(=O)(=O)c2ccccc2)c1C. The number of nitrogens with zero attached hydrogens (tertiary/aromatic N) is 2. The van der Waals surface area contributed by atoms with Gasteiger partial charge in [-0.2, -0.15) is 4.31 Å². The molecule has 3 aromatic rings. The van der Waals surface area contributed by atoms with Crippen molar-refractivity contribution in [2.75, 3.05) is 10.9 Å². The lowest BCUT2D eigenvalue weighted by atomic mass is 10.1. The fourth-order valence-corrected chi connectivity index (χ4v) is 4.41. The molecule has 0 N–H and O–H groups in total. The summed E-state index contributed by atoms with van der Waals surface area (Å²) in [7, 11) is -4.20. The Hall–Kier alpha value is -3.72. The van der Waals surface area contributed by atoms with Gasteiger partial charge in [0.25, 0.3) is 21.6 Å².